The second kappa shape index (κ2) is 4.16. The Morgan fingerprint density at radius 3 is 2.93 bits per heavy atom. The number of rotatable bonds is 2. The summed E-state index contributed by atoms with van der Waals surface area (Å²) in [6.45, 7) is 1.62. The van der Waals surface area contributed by atoms with Crippen molar-refractivity contribution in [2.75, 3.05) is 18.0 Å². The lowest BCUT2D eigenvalue weighted by Crippen LogP contribution is -2.36. The van der Waals surface area contributed by atoms with Crippen LogP contribution in [0.1, 0.15) is 6.42 Å². The SMILES string of the molecule is O=C(O)NC1CCN(c2ccncc2)C1. The lowest BCUT2D eigenvalue weighted by molar-refractivity contribution is 0.191. The lowest BCUT2D eigenvalue weighted by atomic mass is 10.3. The van der Waals surface area contributed by atoms with Gasteiger partial charge in [-0.25, -0.2) is 4.79 Å². The second-order valence-corrected chi connectivity index (χ2v) is 3.59. The maximum atomic E-state index is 10.5. The summed E-state index contributed by atoms with van der Waals surface area (Å²) in [7, 11) is 0. The Morgan fingerprint density at radius 1 is 1.53 bits per heavy atom. The van der Waals surface area contributed by atoms with Crippen LogP contribution >= 0.6 is 0 Å². The van der Waals surface area contributed by atoms with Gasteiger partial charge in [-0.05, 0) is 18.6 Å². The molecule has 1 aromatic heterocycles. The van der Waals surface area contributed by atoms with E-state index < -0.39 is 6.09 Å². The summed E-state index contributed by atoms with van der Waals surface area (Å²) < 4.78 is 0. The zero-order valence-corrected chi connectivity index (χ0v) is 8.26. The van der Waals surface area contributed by atoms with Crippen molar-refractivity contribution >= 4 is 11.8 Å². The van der Waals surface area contributed by atoms with Gasteiger partial charge < -0.3 is 15.3 Å². The number of hydrogen-bond acceptors (Lipinski definition) is 3. The van der Waals surface area contributed by atoms with Crippen LogP contribution in [0.5, 0.6) is 0 Å². The molecule has 15 heavy (non-hydrogen) atoms. The van der Waals surface area contributed by atoms with Crippen LogP contribution in [0.15, 0.2) is 24.5 Å². The van der Waals surface area contributed by atoms with E-state index in [1.807, 2.05) is 12.1 Å². The zero-order valence-electron chi connectivity index (χ0n) is 8.26. The summed E-state index contributed by atoms with van der Waals surface area (Å²) in [5.74, 6) is 0. The van der Waals surface area contributed by atoms with Crippen LogP contribution in [0, 0.1) is 0 Å². The third-order valence-corrected chi connectivity index (χ3v) is 2.54. The Labute approximate surface area is 87.7 Å². The van der Waals surface area contributed by atoms with Crippen LogP contribution in [-0.4, -0.2) is 35.3 Å². The molecule has 1 unspecified atom stereocenters. The van der Waals surface area contributed by atoms with E-state index in [9.17, 15) is 4.79 Å². The van der Waals surface area contributed by atoms with Crippen LogP contribution in [-0.2, 0) is 0 Å². The summed E-state index contributed by atoms with van der Waals surface area (Å²) in [6.07, 6.45) is 3.39. The van der Waals surface area contributed by atoms with Crippen LogP contribution in [0.3, 0.4) is 0 Å². The van der Waals surface area contributed by atoms with Gasteiger partial charge in [0, 0.05) is 31.2 Å². The van der Waals surface area contributed by atoms with E-state index >= 15 is 0 Å². The van der Waals surface area contributed by atoms with Crippen molar-refractivity contribution in [1.82, 2.24) is 10.3 Å². The molecule has 0 bridgehead atoms. The van der Waals surface area contributed by atoms with Gasteiger partial charge in [0.05, 0.1) is 6.04 Å². The first-order valence-corrected chi connectivity index (χ1v) is 4.90. The quantitative estimate of drug-likeness (QED) is 0.757. The zero-order chi connectivity index (χ0) is 10.7. The minimum atomic E-state index is -0.948. The Morgan fingerprint density at radius 2 is 2.27 bits per heavy atom. The van der Waals surface area contributed by atoms with E-state index in [1.165, 1.54) is 0 Å². The van der Waals surface area contributed by atoms with E-state index in [2.05, 4.69) is 15.2 Å². The van der Waals surface area contributed by atoms with Crippen molar-refractivity contribution in [3.05, 3.63) is 24.5 Å². The van der Waals surface area contributed by atoms with Crippen molar-refractivity contribution in [2.24, 2.45) is 0 Å². The highest BCUT2D eigenvalue weighted by Gasteiger charge is 2.23. The maximum Gasteiger partial charge on any atom is 0.404 e. The molecule has 1 amide bonds. The maximum absolute atomic E-state index is 10.5. The molecule has 1 aromatic rings. The highest BCUT2D eigenvalue weighted by atomic mass is 16.4. The van der Waals surface area contributed by atoms with E-state index in [-0.39, 0.29) is 6.04 Å². The molecule has 0 aromatic carbocycles. The van der Waals surface area contributed by atoms with Crippen LogP contribution in [0.4, 0.5) is 10.5 Å². The first-order chi connectivity index (χ1) is 7.25. The molecule has 5 nitrogen and oxygen atoms in total. The normalized spacial score (nSPS) is 20.3. The number of aromatic nitrogens is 1. The molecule has 0 saturated carbocycles. The van der Waals surface area contributed by atoms with E-state index in [0.717, 1.165) is 25.2 Å². The summed E-state index contributed by atoms with van der Waals surface area (Å²) in [6, 6.07) is 3.91. The molecule has 0 radical (unpaired) electrons. The monoisotopic (exact) mass is 207 g/mol. The lowest BCUT2D eigenvalue weighted by Gasteiger charge is -2.18. The standard InChI is InChI=1S/C10H13N3O2/c14-10(15)12-8-3-6-13(7-8)9-1-4-11-5-2-9/h1-2,4-5,8,12H,3,6-7H2,(H,14,15). The number of hydrogen-bond donors (Lipinski definition) is 2. The summed E-state index contributed by atoms with van der Waals surface area (Å²) in [5, 5.41) is 11.1. The summed E-state index contributed by atoms with van der Waals surface area (Å²) in [4.78, 5) is 16.6. The predicted octanol–water partition coefficient (Wildman–Crippen LogP) is 0.928. The number of amides is 1. The van der Waals surface area contributed by atoms with Gasteiger partial charge in [0.15, 0.2) is 0 Å². The minimum Gasteiger partial charge on any atom is -0.465 e. The Hall–Kier alpha value is -1.78. The fourth-order valence-electron chi connectivity index (χ4n) is 1.84. The molecule has 1 aliphatic rings. The molecule has 80 valence electrons. The highest BCUT2D eigenvalue weighted by Crippen LogP contribution is 2.18. The largest absolute Gasteiger partial charge is 0.465 e. The first-order valence-electron chi connectivity index (χ1n) is 4.90. The van der Waals surface area contributed by atoms with Gasteiger partial charge in [-0.1, -0.05) is 0 Å². The van der Waals surface area contributed by atoms with Crippen LogP contribution < -0.4 is 10.2 Å². The average molecular weight is 207 g/mol. The van der Waals surface area contributed by atoms with Crippen LogP contribution in [0.2, 0.25) is 0 Å². The molecular formula is C10H13N3O2. The molecule has 2 N–H and O–H groups in total. The Kier molecular flexibility index (Phi) is 2.71. The predicted molar refractivity (Wildman–Crippen MR) is 56.0 cm³/mol. The minimum absolute atomic E-state index is 0.0377. The molecule has 5 heteroatoms. The molecule has 0 spiro atoms. The number of carboxylic acid groups (broad SMARTS) is 1. The Balaban J connectivity index is 1.96. The highest BCUT2D eigenvalue weighted by molar-refractivity contribution is 5.65. The molecule has 0 aliphatic carbocycles. The van der Waals surface area contributed by atoms with Gasteiger partial charge in [-0.3, -0.25) is 4.98 Å². The Bertz CT molecular complexity index is 342. The summed E-state index contributed by atoms with van der Waals surface area (Å²) >= 11 is 0. The average Bonchev–Trinajstić information content (AvgIpc) is 2.67. The van der Waals surface area contributed by atoms with E-state index in [4.69, 9.17) is 5.11 Å². The van der Waals surface area contributed by atoms with Crippen molar-refractivity contribution in [3.63, 3.8) is 0 Å². The number of nitrogens with one attached hydrogen (secondary N) is 1. The van der Waals surface area contributed by atoms with Crippen LogP contribution in [0.25, 0.3) is 0 Å². The fourth-order valence-corrected chi connectivity index (χ4v) is 1.84. The molecule has 1 fully saturated rings. The van der Waals surface area contributed by atoms with Crippen molar-refractivity contribution in [1.29, 1.82) is 0 Å². The van der Waals surface area contributed by atoms with Gasteiger partial charge in [0.2, 0.25) is 0 Å². The number of anilines is 1. The molecule has 2 rings (SSSR count). The smallest absolute Gasteiger partial charge is 0.404 e. The van der Waals surface area contributed by atoms with Crippen molar-refractivity contribution in [2.45, 2.75) is 12.5 Å². The molecule has 1 atom stereocenters. The third kappa shape index (κ3) is 2.37. The summed E-state index contributed by atoms with van der Waals surface area (Å²) in [5.41, 5.74) is 1.10. The van der Waals surface area contributed by atoms with Gasteiger partial charge in [0.1, 0.15) is 0 Å². The topological polar surface area (TPSA) is 65.5 Å². The van der Waals surface area contributed by atoms with Crippen molar-refractivity contribution < 1.29 is 9.90 Å². The van der Waals surface area contributed by atoms with Gasteiger partial charge in [-0.15, -0.1) is 0 Å². The fraction of sp³-hybridized carbons (Fsp3) is 0.400. The van der Waals surface area contributed by atoms with E-state index in [0.29, 0.717) is 0 Å². The molecular weight excluding hydrogens is 194 g/mol. The van der Waals surface area contributed by atoms with Gasteiger partial charge in [0.25, 0.3) is 0 Å². The third-order valence-electron chi connectivity index (χ3n) is 2.54. The number of nitrogens with zero attached hydrogens (tertiary/aromatic N) is 2. The van der Waals surface area contributed by atoms with E-state index in [1.54, 1.807) is 12.4 Å². The van der Waals surface area contributed by atoms with Gasteiger partial charge in [-0.2, -0.15) is 0 Å². The van der Waals surface area contributed by atoms with Gasteiger partial charge >= 0.3 is 6.09 Å². The molecule has 1 aliphatic heterocycles. The molecule has 2 heterocycles. The number of carbonyl (C=O) groups is 1. The second-order valence-electron chi connectivity index (χ2n) is 3.59. The van der Waals surface area contributed by atoms with Crippen molar-refractivity contribution in [3.8, 4) is 0 Å². The number of pyridine rings is 1. The first kappa shape index (κ1) is 9.76. The molecule has 1 saturated heterocycles.